The molecule has 0 spiro atoms. The molecule has 0 aromatic heterocycles. The topological polar surface area (TPSA) is 84.2 Å². The van der Waals surface area contributed by atoms with Crippen LogP contribution in [0.4, 0.5) is 0 Å². The number of benzene rings is 2. The summed E-state index contributed by atoms with van der Waals surface area (Å²) in [6.45, 7) is 2.58. The second-order valence-electron chi connectivity index (χ2n) is 7.96. The average molecular weight is 394 g/mol. The van der Waals surface area contributed by atoms with Gasteiger partial charge in [0.15, 0.2) is 0 Å². The highest BCUT2D eigenvalue weighted by Gasteiger charge is 2.27. The second-order valence-corrected chi connectivity index (χ2v) is 7.96. The van der Waals surface area contributed by atoms with E-state index in [1.807, 2.05) is 49.4 Å². The molecule has 0 aliphatic heterocycles. The van der Waals surface area contributed by atoms with E-state index in [9.17, 15) is 9.59 Å². The minimum atomic E-state index is -0.384. The Kier molecular flexibility index (Phi) is 7.42. The van der Waals surface area contributed by atoms with Crippen LogP contribution in [0.1, 0.15) is 59.6 Å². The summed E-state index contributed by atoms with van der Waals surface area (Å²) in [6, 6.07) is 16.8. The lowest BCUT2D eigenvalue weighted by Crippen LogP contribution is -2.45. The van der Waals surface area contributed by atoms with Gasteiger partial charge in [-0.3, -0.25) is 9.59 Å². The number of carbonyl (C=O) groups is 2. The van der Waals surface area contributed by atoms with Crippen molar-refractivity contribution in [2.24, 2.45) is 11.7 Å². The molecule has 1 fully saturated rings. The van der Waals surface area contributed by atoms with E-state index in [-0.39, 0.29) is 30.3 Å². The van der Waals surface area contributed by atoms with Crippen molar-refractivity contribution in [3.8, 4) is 0 Å². The summed E-state index contributed by atoms with van der Waals surface area (Å²) < 4.78 is 0. The molecule has 154 valence electrons. The maximum absolute atomic E-state index is 12.8. The molecule has 0 radical (unpaired) electrons. The Bertz CT molecular complexity index is 805. The number of hydrogen-bond donors (Lipinski definition) is 3. The van der Waals surface area contributed by atoms with E-state index in [0.29, 0.717) is 18.0 Å². The van der Waals surface area contributed by atoms with Crippen molar-refractivity contribution < 1.29 is 9.59 Å². The first kappa shape index (κ1) is 21.1. The van der Waals surface area contributed by atoms with Gasteiger partial charge in [-0.05, 0) is 49.9 Å². The largest absolute Gasteiger partial charge is 0.353 e. The van der Waals surface area contributed by atoms with Crippen LogP contribution in [0.3, 0.4) is 0 Å². The number of hydrogen-bond acceptors (Lipinski definition) is 3. The van der Waals surface area contributed by atoms with Crippen molar-refractivity contribution in [2.45, 2.75) is 51.1 Å². The lowest BCUT2D eigenvalue weighted by atomic mass is 9.84. The van der Waals surface area contributed by atoms with Crippen LogP contribution in [0.25, 0.3) is 0 Å². The molecule has 0 saturated heterocycles. The fourth-order valence-electron chi connectivity index (χ4n) is 4.01. The van der Waals surface area contributed by atoms with Gasteiger partial charge in [0, 0.05) is 11.6 Å². The van der Waals surface area contributed by atoms with Gasteiger partial charge < -0.3 is 16.4 Å². The minimum Gasteiger partial charge on any atom is -0.353 e. The van der Waals surface area contributed by atoms with Crippen molar-refractivity contribution in [2.75, 3.05) is 6.54 Å². The van der Waals surface area contributed by atoms with Gasteiger partial charge in [-0.1, -0.05) is 60.9 Å². The molecular formula is C24H31N3O2. The van der Waals surface area contributed by atoms with Crippen LogP contribution in [0.2, 0.25) is 0 Å². The Morgan fingerprint density at radius 3 is 2.41 bits per heavy atom. The first-order chi connectivity index (χ1) is 14.1. The molecule has 3 unspecified atom stereocenters. The molecular weight excluding hydrogens is 362 g/mol. The molecule has 2 aromatic rings. The Hall–Kier alpha value is -2.66. The first-order valence-corrected chi connectivity index (χ1v) is 10.5. The fraction of sp³-hybridized carbons (Fsp3) is 0.417. The van der Waals surface area contributed by atoms with Gasteiger partial charge in [0.2, 0.25) is 5.91 Å². The van der Waals surface area contributed by atoms with Crippen LogP contribution in [0, 0.1) is 12.8 Å². The summed E-state index contributed by atoms with van der Waals surface area (Å²) >= 11 is 0. The van der Waals surface area contributed by atoms with Crippen LogP contribution in [-0.2, 0) is 4.79 Å². The van der Waals surface area contributed by atoms with Crippen LogP contribution in [0.5, 0.6) is 0 Å². The Labute approximate surface area is 173 Å². The summed E-state index contributed by atoms with van der Waals surface area (Å²) in [4.78, 5) is 25.6. The predicted molar refractivity (Wildman–Crippen MR) is 115 cm³/mol. The van der Waals surface area contributed by atoms with Gasteiger partial charge >= 0.3 is 0 Å². The average Bonchev–Trinajstić information content (AvgIpc) is 2.74. The molecule has 2 amide bonds. The van der Waals surface area contributed by atoms with E-state index in [4.69, 9.17) is 5.73 Å². The standard InChI is InChI=1S/C24H31N3O2/c1-17-11-13-19(14-12-17)24(29)27-22(18-7-3-2-4-8-18)15-23(28)26-21-10-6-5-9-20(21)16-25/h2-4,7-8,11-14,20-22H,5-6,9-10,15-16,25H2,1H3,(H,26,28)(H,27,29). The summed E-state index contributed by atoms with van der Waals surface area (Å²) in [6.07, 6.45) is 4.53. The van der Waals surface area contributed by atoms with Crippen LogP contribution < -0.4 is 16.4 Å². The van der Waals surface area contributed by atoms with E-state index >= 15 is 0 Å². The smallest absolute Gasteiger partial charge is 0.251 e. The third kappa shape index (κ3) is 5.91. The van der Waals surface area contributed by atoms with E-state index < -0.39 is 0 Å². The van der Waals surface area contributed by atoms with E-state index in [2.05, 4.69) is 10.6 Å². The Morgan fingerprint density at radius 2 is 1.72 bits per heavy atom. The van der Waals surface area contributed by atoms with Crippen molar-refractivity contribution in [1.29, 1.82) is 0 Å². The number of nitrogens with two attached hydrogens (primary N) is 1. The summed E-state index contributed by atoms with van der Waals surface area (Å²) in [7, 11) is 0. The number of rotatable bonds is 7. The molecule has 0 bridgehead atoms. The van der Waals surface area contributed by atoms with Gasteiger partial charge in [0.05, 0.1) is 12.5 Å². The fourth-order valence-corrected chi connectivity index (χ4v) is 4.01. The van der Waals surface area contributed by atoms with Crippen molar-refractivity contribution in [3.05, 3.63) is 71.3 Å². The number of nitrogens with one attached hydrogen (secondary N) is 2. The molecule has 4 N–H and O–H groups in total. The predicted octanol–water partition coefficient (Wildman–Crippen LogP) is 3.49. The third-order valence-electron chi connectivity index (χ3n) is 5.77. The van der Waals surface area contributed by atoms with E-state index in [0.717, 1.165) is 30.4 Å². The van der Waals surface area contributed by atoms with Gasteiger partial charge in [-0.15, -0.1) is 0 Å². The molecule has 3 atom stereocenters. The molecule has 5 heteroatoms. The normalized spacial score (nSPS) is 19.9. The quantitative estimate of drug-likeness (QED) is 0.673. The Balaban J connectivity index is 1.69. The molecule has 1 aliphatic carbocycles. The van der Waals surface area contributed by atoms with Gasteiger partial charge in [0.25, 0.3) is 5.91 Å². The molecule has 1 aliphatic rings. The van der Waals surface area contributed by atoms with Gasteiger partial charge in [-0.2, -0.15) is 0 Å². The maximum atomic E-state index is 12.8. The molecule has 1 saturated carbocycles. The SMILES string of the molecule is Cc1ccc(C(=O)NC(CC(=O)NC2CCCCC2CN)c2ccccc2)cc1. The van der Waals surface area contributed by atoms with E-state index in [1.165, 1.54) is 6.42 Å². The van der Waals surface area contributed by atoms with Gasteiger partial charge in [-0.25, -0.2) is 0 Å². The lowest BCUT2D eigenvalue weighted by molar-refractivity contribution is -0.122. The summed E-state index contributed by atoms with van der Waals surface area (Å²) in [5, 5.41) is 6.21. The van der Waals surface area contributed by atoms with Crippen molar-refractivity contribution in [3.63, 3.8) is 0 Å². The second kappa shape index (κ2) is 10.2. The minimum absolute atomic E-state index is 0.0478. The highest BCUT2D eigenvalue weighted by atomic mass is 16.2. The van der Waals surface area contributed by atoms with Crippen molar-refractivity contribution in [1.82, 2.24) is 10.6 Å². The summed E-state index contributed by atoms with van der Waals surface area (Å²) in [5.41, 5.74) is 8.50. The first-order valence-electron chi connectivity index (χ1n) is 10.5. The highest BCUT2D eigenvalue weighted by Crippen LogP contribution is 2.24. The van der Waals surface area contributed by atoms with Crippen LogP contribution >= 0.6 is 0 Å². The number of carbonyl (C=O) groups excluding carboxylic acids is 2. The zero-order chi connectivity index (χ0) is 20.6. The number of aryl methyl sites for hydroxylation is 1. The number of amides is 2. The monoisotopic (exact) mass is 393 g/mol. The van der Waals surface area contributed by atoms with Crippen molar-refractivity contribution >= 4 is 11.8 Å². The zero-order valence-corrected chi connectivity index (χ0v) is 17.1. The molecule has 3 rings (SSSR count). The summed E-state index contributed by atoms with van der Waals surface area (Å²) in [5.74, 6) is 0.114. The Morgan fingerprint density at radius 1 is 1.03 bits per heavy atom. The molecule has 29 heavy (non-hydrogen) atoms. The molecule has 2 aromatic carbocycles. The van der Waals surface area contributed by atoms with Crippen LogP contribution in [-0.4, -0.2) is 24.4 Å². The lowest BCUT2D eigenvalue weighted by Gasteiger charge is -2.32. The molecule has 0 heterocycles. The van der Waals surface area contributed by atoms with Gasteiger partial charge in [0.1, 0.15) is 0 Å². The van der Waals surface area contributed by atoms with E-state index in [1.54, 1.807) is 12.1 Å². The molecule has 5 nitrogen and oxygen atoms in total. The zero-order valence-electron chi connectivity index (χ0n) is 17.1. The van der Waals surface area contributed by atoms with Crippen LogP contribution in [0.15, 0.2) is 54.6 Å². The third-order valence-corrected chi connectivity index (χ3v) is 5.77. The maximum Gasteiger partial charge on any atom is 0.251 e. The highest BCUT2D eigenvalue weighted by molar-refractivity contribution is 5.94.